The summed E-state index contributed by atoms with van der Waals surface area (Å²) in [6.45, 7) is 7.65. The van der Waals surface area contributed by atoms with Gasteiger partial charge in [-0.05, 0) is 54.9 Å². The largest absolute Gasteiger partial charge is 0.376 e. The molecular weight excluding hydrogens is 420 g/mol. The summed E-state index contributed by atoms with van der Waals surface area (Å²) in [4.78, 5) is 14.4. The number of rotatable bonds is 5. The van der Waals surface area contributed by atoms with E-state index in [2.05, 4.69) is 57.7 Å². The molecule has 2 saturated heterocycles. The fourth-order valence-corrected chi connectivity index (χ4v) is 5.03. The molecule has 0 radical (unpaired) electrons. The SMILES string of the molecule is C[C@H]1CCCN(c2cc(N3Cc4ccccc4C3)nc(NC(=S)NC[C@H]3CCCO3)n2)C1. The van der Waals surface area contributed by atoms with E-state index in [1.807, 2.05) is 0 Å². The Bertz CT molecular complexity index is 938. The van der Waals surface area contributed by atoms with Crippen LogP contribution < -0.4 is 20.4 Å². The molecule has 3 aliphatic rings. The van der Waals surface area contributed by atoms with Gasteiger partial charge in [0, 0.05) is 45.4 Å². The number of aromatic nitrogens is 2. The first-order valence-electron chi connectivity index (χ1n) is 11.8. The Hall–Kier alpha value is -2.45. The number of hydrogen-bond donors (Lipinski definition) is 2. The van der Waals surface area contributed by atoms with Gasteiger partial charge in [-0.15, -0.1) is 0 Å². The molecular formula is C24H32N6OS. The molecule has 2 atom stereocenters. The highest BCUT2D eigenvalue weighted by molar-refractivity contribution is 7.80. The van der Waals surface area contributed by atoms with Crippen LogP contribution in [-0.4, -0.2) is 47.4 Å². The van der Waals surface area contributed by atoms with E-state index in [9.17, 15) is 0 Å². The van der Waals surface area contributed by atoms with Crippen LogP contribution in [0.2, 0.25) is 0 Å². The normalized spacial score (nSPS) is 22.7. The molecule has 32 heavy (non-hydrogen) atoms. The van der Waals surface area contributed by atoms with E-state index in [1.165, 1.54) is 24.0 Å². The number of anilines is 3. The molecule has 2 fully saturated rings. The molecule has 0 bridgehead atoms. The molecule has 0 unspecified atom stereocenters. The summed E-state index contributed by atoms with van der Waals surface area (Å²) in [6, 6.07) is 10.8. The molecule has 0 amide bonds. The summed E-state index contributed by atoms with van der Waals surface area (Å²) in [6.07, 6.45) is 4.90. The second-order valence-electron chi connectivity index (χ2n) is 9.20. The third-order valence-electron chi connectivity index (χ3n) is 6.58. The molecule has 8 heteroatoms. The number of piperidine rings is 1. The van der Waals surface area contributed by atoms with Crippen LogP contribution in [0.25, 0.3) is 0 Å². The molecule has 1 aromatic heterocycles. The highest BCUT2D eigenvalue weighted by Gasteiger charge is 2.24. The summed E-state index contributed by atoms with van der Waals surface area (Å²) >= 11 is 5.54. The van der Waals surface area contributed by atoms with Crippen molar-refractivity contribution in [1.82, 2.24) is 15.3 Å². The fourth-order valence-electron chi connectivity index (χ4n) is 4.85. The van der Waals surface area contributed by atoms with E-state index >= 15 is 0 Å². The van der Waals surface area contributed by atoms with Crippen LogP contribution in [-0.2, 0) is 17.8 Å². The van der Waals surface area contributed by atoms with Crippen LogP contribution in [0, 0.1) is 5.92 Å². The van der Waals surface area contributed by atoms with Gasteiger partial charge in [-0.25, -0.2) is 0 Å². The van der Waals surface area contributed by atoms with Crippen LogP contribution >= 0.6 is 12.2 Å². The van der Waals surface area contributed by atoms with Crippen molar-refractivity contribution in [2.24, 2.45) is 5.92 Å². The van der Waals surface area contributed by atoms with Crippen molar-refractivity contribution >= 4 is 34.9 Å². The van der Waals surface area contributed by atoms with Gasteiger partial charge >= 0.3 is 0 Å². The summed E-state index contributed by atoms with van der Waals surface area (Å²) < 4.78 is 5.68. The summed E-state index contributed by atoms with van der Waals surface area (Å²) in [7, 11) is 0. The van der Waals surface area contributed by atoms with Crippen molar-refractivity contribution in [3.63, 3.8) is 0 Å². The third-order valence-corrected chi connectivity index (χ3v) is 6.83. The average Bonchev–Trinajstić information content (AvgIpc) is 3.47. The van der Waals surface area contributed by atoms with Crippen LogP contribution in [0.1, 0.15) is 43.7 Å². The van der Waals surface area contributed by atoms with Gasteiger partial charge in [0.2, 0.25) is 5.95 Å². The van der Waals surface area contributed by atoms with Crippen molar-refractivity contribution < 1.29 is 4.74 Å². The van der Waals surface area contributed by atoms with Gasteiger partial charge in [0.05, 0.1) is 6.10 Å². The predicted molar refractivity (Wildman–Crippen MR) is 132 cm³/mol. The first kappa shape index (κ1) is 21.4. The number of ether oxygens (including phenoxy) is 1. The van der Waals surface area contributed by atoms with Crippen LogP contribution in [0.5, 0.6) is 0 Å². The third kappa shape index (κ3) is 4.96. The molecule has 0 spiro atoms. The zero-order valence-electron chi connectivity index (χ0n) is 18.7. The zero-order valence-corrected chi connectivity index (χ0v) is 19.5. The summed E-state index contributed by atoms with van der Waals surface area (Å²) in [5.41, 5.74) is 2.73. The Labute approximate surface area is 195 Å². The number of nitrogens with one attached hydrogen (secondary N) is 2. The standard InChI is InChI=1S/C24H32N6OS/c1-17-6-4-10-29(14-17)21-12-22(30-15-18-7-2-3-8-19(18)16-30)27-23(26-21)28-24(32)25-13-20-9-5-11-31-20/h2-3,7-8,12,17,20H,4-6,9-11,13-16H2,1H3,(H2,25,26,27,28,32)/t17-,20+/m0/s1. The average molecular weight is 453 g/mol. The first-order valence-corrected chi connectivity index (χ1v) is 12.2. The molecule has 2 aromatic rings. The number of hydrogen-bond acceptors (Lipinski definition) is 6. The smallest absolute Gasteiger partial charge is 0.232 e. The minimum absolute atomic E-state index is 0.232. The van der Waals surface area contributed by atoms with Gasteiger partial charge in [0.25, 0.3) is 0 Å². The lowest BCUT2D eigenvalue weighted by atomic mass is 10.0. The highest BCUT2D eigenvalue weighted by Crippen LogP contribution is 2.31. The molecule has 7 nitrogen and oxygen atoms in total. The molecule has 0 aliphatic carbocycles. The number of benzene rings is 1. The van der Waals surface area contributed by atoms with E-state index in [4.69, 9.17) is 26.9 Å². The van der Waals surface area contributed by atoms with Gasteiger partial charge in [-0.2, -0.15) is 9.97 Å². The van der Waals surface area contributed by atoms with Crippen molar-refractivity contribution in [2.75, 3.05) is 41.4 Å². The fraction of sp³-hybridized carbons (Fsp3) is 0.542. The lowest BCUT2D eigenvalue weighted by Gasteiger charge is -2.32. The Morgan fingerprint density at radius 2 is 1.84 bits per heavy atom. The van der Waals surface area contributed by atoms with Crippen molar-refractivity contribution in [1.29, 1.82) is 0 Å². The van der Waals surface area contributed by atoms with E-state index < -0.39 is 0 Å². The summed E-state index contributed by atoms with van der Waals surface area (Å²) in [5.74, 6) is 3.14. The Morgan fingerprint density at radius 3 is 2.53 bits per heavy atom. The molecule has 5 rings (SSSR count). The maximum Gasteiger partial charge on any atom is 0.232 e. The highest BCUT2D eigenvalue weighted by atomic mass is 32.1. The van der Waals surface area contributed by atoms with Crippen molar-refractivity contribution in [3.8, 4) is 0 Å². The molecule has 1 aromatic carbocycles. The van der Waals surface area contributed by atoms with Crippen LogP contribution in [0.4, 0.5) is 17.6 Å². The zero-order chi connectivity index (χ0) is 21.9. The Kier molecular flexibility index (Phi) is 6.41. The molecule has 0 saturated carbocycles. The number of fused-ring (bicyclic) bond motifs is 1. The molecule has 2 N–H and O–H groups in total. The molecule has 3 aliphatic heterocycles. The minimum Gasteiger partial charge on any atom is -0.376 e. The monoisotopic (exact) mass is 452 g/mol. The van der Waals surface area contributed by atoms with Crippen molar-refractivity contribution in [3.05, 3.63) is 41.5 Å². The maximum absolute atomic E-state index is 5.68. The van der Waals surface area contributed by atoms with Crippen LogP contribution in [0.15, 0.2) is 30.3 Å². The second kappa shape index (κ2) is 9.58. The lowest BCUT2D eigenvalue weighted by molar-refractivity contribution is 0.114. The van der Waals surface area contributed by atoms with Crippen molar-refractivity contribution in [2.45, 2.75) is 51.8 Å². The number of thiocarbonyl (C=S) groups is 1. The lowest BCUT2D eigenvalue weighted by Crippen LogP contribution is -2.37. The van der Waals surface area contributed by atoms with E-state index in [-0.39, 0.29) is 6.10 Å². The topological polar surface area (TPSA) is 65.5 Å². The number of nitrogens with zero attached hydrogens (tertiary/aromatic N) is 4. The minimum atomic E-state index is 0.232. The predicted octanol–water partition coefficient (Wildman–Crippen LogP) is 3.70. The van der Waals surface area contributed by atoms with Gasteiger partial charge in [0.15, 0.2) is 5.11 Å². The van der Waals surface area contributed by atoms with Gasteiger partial charge in [-0.1, -0.05) is 31.2 Å². The van der Waals surface area contributed by atoms with Crippen LogP contribution in [0.3, 0.4) is 0 Å². The summed E-state index contributed by atoms with van der Waals surface area (Å²) in [5, 5.41) is 7.04. The Morgan fingerprint density at radius 1 is 1.09 bits per heavy atom. The molecule has 4 heterocycles. The van der Waals surface area contributed by atoms with E-state index in [0.29, 0.717) is 23.5 Å². The van der Waals surface area contributed by atoms with Gasteiger partial charge < -0.3 is 25.2 Å². The van der Waals surface area contributed by atoms with E-state index in [0.717, 1.165) is 57.3 Å². The second-order valence-corrected chi connectivity index (χ2v) is 9.60. The first-order chi connectivity index (χ1) is 15.6. The molecule has 170 valence electrons. The Balaban J connectivity index is 1.35. The maximum atomic E-state index is 5.68. The van der Waals surface area contributed by atoms with E-state index in [1.54, 1.807) is 0 Å². The van der Waals surface area contributed by atoms with Gasteiger partial charge in [0.1, 0.15) is 11.6 Å². The quantitative estimate of drug-likeness (QED) is 0.666. The van der Waals surface area contributed by atoms with Gasteiger partial charge in [-0.3, -0.25) is 0 Å².